The SMILES string of the molecule is O.O.[F][Cu][F]. The zero-order valence-corrected chi connectivity index (χ0v) is 3.00. The Morgan fingerprint density at radius 2 is 1.00 bits per heavy atom. The average molecular weight is 138 g/mol. The molecular weight excluding hydrogens is 134 g/mol. The van der Waals surface area contributed by atoms with Gasteiger partial charge in [-0.2, -0.15) is 0 Å². The number of hydrogen-bond acceptors (Lipinski definition) is 0. The van der Waals surface area contributed by atoms with Crippen LogP contribution >= 0.6 is 0 Å². The van der Waals surface area contributed by atoms with Crippen molar-refractivity contribution in [3.63, 3.8) is 0 Å². The predicted octanol–water partition coefficient (Wildman–Crippen LogP) is -0.811. The van der Waals surface area contributed by atoms with Crippen molar-refractivity contribution in [3.05, 3.63) is 0 Å². The molecule has 0 saturated carbocycles. The molecule has 0 rings (SSSR count). The summed E-state index contributed by atoms with van der Waals surface area (Å²) in [5.74, 6) is 0. The molecule has 2 nitrogen and oxygen atoms in total. The third-order valence-corrected chi connectivity index (χ3v) is 0. The molecule has 41 valence electrons. The minimum atomic E-state index is -1.19. The molecule has 5 heteroatoms. The van der Waals surface area contributed by atoms with Crippen molar-refractivity contribution in [1.82, 2.24) is 0 Å². The van der Waals surface area contributed by atoms with Gasteiger partial charge >= 0.3 is 23.0 Å². The predicted molar refractivity (Wildman–Crippen MR) is 9.44 cm³/mol. The Bertz CT molecular complexity index is 7.61. The second kappa shape index (κ2) is 27.7. The second-order valence-corrected chi connectivity index (χ2v) is 0.178. The molecule has 0 amide bonds. The van der Waals surface area contributed by atoms with E-state index in [1.165, 1.54) is 0 Å². The van der Waals surface area contributed by atoms with Crippen LogP contribution in [0, 0.1) is 0 Å². The third-order valence-electron chi connectivity index (χ3n) is 0. The maximum atomic E-state index is 9.53. The van der Waals surface area contributed by atoms with Crippen molar-refractivity contribution < 1.29 is 33.9 Å². The van der Waals surface area contributed by atoms with Gasteiger partial charge in [-0.1, -0.05) is 0 Å². The normalized spacial score (nSPS) is 4.40. The first-order valence-corrected chi connectivity index (χ1v) is 0.940. The van der Waals surface area contributed by atoms with E-state index in [4.69, 9.17) is 0 Å². The molecule has 0 atom stereocenters. The van der Waals surface area contributed by atoms with E-state index in [2.05, 4.69) is 0 Å². The van der Waals surface area contributed by atoms with Crippen LogP contribution in [-0.4, -0.2) is 11.0 Å². The van der Waals surface area contributed by atoms with E-state index >= 15 is 0 Å². The summed E-state index contributed by atoms with van der Waals surface area (Å²) in [6.45, 7) is 0. The van der Waals surface area contributed by atoms with Crippen LogP contribution in [0.1, 0.15) is 0 Å². The maximum absolute atomic E-state index is 9.53. The summed E-state index contributed by atoms with van der Waals surface area (Å²) in [4.78, 5) is 0. The molecular formula is H4CuF2O2. The summed E-state index contributed by atoms with van der Waals surface area (Å²) in [6.07, 6.45) is 0. The van der Waals surface area contributed by atoms with Gasteiger partial charge in [-0.15, -0.1) is 0 Å². The zero-order valence-electron chi connectivity index (χ0n) is 2.06. The molecule has 0 aromatic heterocycles. The van der Waals surface area contributed by atoms with Crippen LogP contribution in [0.25, 0.3) is 0 Å². The number of halogens is 2. The fourth-order valence-corrected chi connectivity index (χ4v) is 0. The van der Waals surface area contributed by atoms with Crippen LogP contribution in [-0.2, 0) is 15.9 Å². The van der Waals surface area contributed by atoms with E-state index < -0.39 is 15.9 Å². The molecule has 0 spiro atoms. The van der Waals surface area contributed by atoms with Gasteiger partial charge in [-0.25, -0.2) is 0 Å². The molecule has 0 heterocycles. The van der Waals surface area contributed by atoms with Gasteiger partial charge in [-0.3, -0.25) is 0 Å². The molecule has 5 heavy (non-hydrogen) atoms. The van der Waals surface area contributed by atoms with Gasteiger partial charge in [0.05, 0.1) is 0 Å². The summed E-state index contributed by atoms with van der Waals surface area (Å²) in [7, 11) is 0. The molecule has 0 aliphatic carbocycles. The van der Waals surface area contributed by atoms with E-state index in [1.54, 1.807) is 0 Å². The Kier molecular flexibility index (Phi) is 103. The van der Waals surface area contributed by atoms with Gasteiger partial charge in [0, 0.05) is 0 Å². The Labute approximate surface area is 34.9 Å². The fraction of sp³-hybridized carbons (Fsp3) is 0. The van der Waals surface area contributed by atoms with Crippen molar-refractivity contribution in [2.24, 2.45) is 0 Å². The van der Waals surface area contributed by atoms with Gasteiger partial charge in [0.25, 0.3) is 0 Å². The first kappa shape index (κ1) is 18.5. The number of rotatable bonds is 0. The topological polar surface area (TPSA) is 63.0 Å². The van der Waals surface area contributed by atoms with Gasteiger partial charge in [-0.05, 0) is 0 Å². The Hall–Kier alpha value is 0.299. The third kappa shape index (κ3) is 253. The molecule has 0 fully saturated rings. The van der Waals surface area contributed by atoms with Crippen molar-refractivity contribution in [2.75, 3.05) is 0 Å². The van der Waals surface area contributed by atoms with E-state index in [-0.39, 0.29) is 11.0 Å². The first-order chi connectivity index (χ1) is 1.41. The van der Waals surface area contributed by atoms with Gasteiger partial charge in [0.2, 0.25) is 0 Å². The summed E-state index contributed by atoms with van der Waals surface area (Å²) in [5, 5.41) is 0. The molecule has 0 aromatic carbocycles. The van der Waals surface area contributed by atoms with Crippen molar-refractivity contribution in [1.29, 1.82) is 0 Å². The summed E-state index contributed by atoms with van der Waals surface area (Å²) in [6, 6.07) is 0. The molecule has 0 aliphatic heterocycles. The average Bonchev–Trinajstić information content (AvgIpc) is 0.918. The molecule has 0 unspecified atom stereocenters. The van der Waals surface area contributed by atoms with Crippen LogP contribution in [0.3, 0.4) is 0 Å². The number of hydrogen-bond donors (Lipinski definition) is 0. The summed E-state index contributed by atoms with van der Waals surface area (Å²) < 4.78 is 19.1. The van der Waals surface area contributed by atoms with Gasteiger partial charge in [0.15, 0.2) is 0 Å². The monoisotopic (exact) mass is 137 g/mol. The van der Waals surface area contributed by atoms with Crippen LogP contribution in [0.4, 0.5) is 7.10 Å². The molecule has 0 saturated heterocycles. The van der Waals surface area contributed by atoms with Crippen molar-refractivity contribution in [3.8, 4) is 0 Å². The van der Waals surface area contributed by atoms with Crippen LogP contribution in [0.2, 0.25) is 0 Å². The van der Waals surface area contributed by atoms with E-state index in [1.807, 2.05) is 0 Å². The van der Waals surface area contributed by atoms with Crippen LogP contribution < -0.4 is 0 Å². The first-order valence-electron chi connectivity index (χ1n) is 0.228. The van der Waals surface area contributed by atoms with E-state index in [0.29, 0.717) is 0 Å². The van der Waals surface area contributed by atoms with Crippen molar-refractivity contribution in [2.45, 2.75) is 0 Å². The van der Waals surface area contributed by atoms with Crippen molar-refractivity contribution >= 4 is 0 Å². The fourth-order valence-electron chi connectivity index (χ4n) is 0. The molecule has 0 aromatic rings. The van der Waals surface area contributed by atoms with E-state index in [9.17, 15) is 7.10 Å². The van der Waals surface area contributed by atoms with Gasteiger partial charge < -0.3 is 11.0 Å². The quantitative estimate of drug-likeness (QED) is 0.392. The van der Waals surface area contributed by atoms with E-state index in [0.717, 1.165) is 0 Å². The molecule has 0 aliphatic rings. The second-order valence-electron chi connectivity index (χ2n) is 0.0431. The molecule has 0 radical (unpaired) electrons. The Morgan fingerprint density at radius 3 is 1.00 bits per heavy atom. The molecule has 4 N–H and O–H groups in total. The minimum absolute atomic E-state index is 0. The van der Waals surface area contributed by atoms with Crippen LogP contribution in [0.15, 0.2) is 0 Å². The Balaban J connectivity index is -0.0000000200. The standard InChI is InChI=1S/Cu.2FH.2H2O/h;2*1H;2*1H2/q+2;;;;/p-2. The zero-order chi connectivity index (χ0) is 2.71. The van der Waals surface area contributed by atoms with Gasteiger partial charge in [0.1, 0.15) is 0 Å². The Morgan fingerprint density at radius 1 is 1.00 bits per heavy atom. The summed E-state index contributed by atoms with van der Waals surface area (Å²) in [5.41, 5.74) is 0. The van der Waals surface area contributed by atoms with Crippen LogP contribution in [0.5, 0.6) is 0 Å². The molecule has 0 bridgehead atoms. The summed E-state index contributed by atoms with van der Waals surface area (Å²) >= 11 is -1.19.